The lowest BCUT2D eigenvalue weighted by atomic mass is 10.0. The third kappa shape index (κ3) is 4.37. The van der Waals surface area contributed by atoms with Crippen molar-refractivity contribution < 1.29 is 14.3 Å². The number of hydrogen-bond acceptors (Lipinski definition) is 4. The van der Waals surface area contributed by atoms with Crippen LogP contribution in [0.5, 0.6) is 5.75 Å². The number of carbonyl (C=O) groups excluding carboxylic acids is 1. The van der Waals surface area contributed by atoms with Crippen molar-refractivity contribution in [3.63, 3.8) is 0 Å². The summed E-state index contributed by atoms with van der Waals surface area (Å²) in [6, 6.07) is 7.04. The van der Waals surface area contributed by atoms with Gasteiger partial charge in [0.15, 0.2) is 0 Å². The predicted molar refractivity (Wildman–Crippen MR) is 70.6 cm³/mol. The Labute approximate surface area is 108 Å². The normalized spacial score (nSPS) is 12.3. The molecule has 1 atom stereocenters. The molecule has 18 heavy (non-hydrogen) atoms. The second-order valence-electron chi connectivity index (χ2n) is 4.39. The molecule has 0 fully saturated rings. The monoisotopic (exact) mass is 251 g/mol. The highest BCUT2D eigenvalue weighted by molar-refractivity contribution is 5.75. The van der Waals surface area contributed by atoms with Crippen molar-refractivity contribution in [2.45, 2.75) is 32.7 Å². The third-order valence-corrected chi connectivity index (χ3v) is 2.57. The second-order valence-corrected chi connectivity index (χ2v) is 4.39. The number of carbonyl (C=O) groups is 1. The fraction of sp³-hybridized carbons (Fsp3) is 0.500. The van der Waals surface area contributed by atoms with E-state index in [1.807, 2.05) is 24.3 Å². The van der Waals surface area contributed by atoms with Crippen LogP contribution < -0.4 is 10.5 Å². The highest BCUT2D eigenvalue weighted by Gasteiger charge is 2.15. The zero-order chi connectivity index (χ0) is 13.5. The minimum atomic E-state index is -0.741. The molecule has 0 heterocycles. The fourth-order valence-corrected chi connectivity index (χ4v) is 1.45. The van der Waals surface area contributed by atoms with Crippen LogP contribution in [0.2, 0.25) is 0 Å². The molecule has 0 saturated carbocycles. The number of benzene rings is 1. The summed E-state index contributed by atoms with van der Waals surface area (Å²) in [5.74, 6) is 0.760. The van der Waals surface area contributed by atoms with Gasteiger partial charge in [0.2, 0.25) is 0 Å². The van der Waals surface area contributed by atoms with E-state index in [4.69, 9.17) is 15.2 Å². The molecular weight excluding hydrogens is 230 g/mol. The van der Waals surface area contributed by atoms with Crippen molar-refractivity contribution in [2.24, 2.45) is 5.73 Å². The molecule has 0 aromatic heterocycles. The van der Waals surface area contributed by atoms with E-state index in [2.05, 4.69) is 13.8 Å². The molecule has 2 N–H and O–H groups in total. The first-order valence-corrected chi connectivity index (χ1v) is 6.19. The zero-order valence-corrected chi connectivity index (χ0v) is 11.2. The van der Waals surface area contributed by atoms with Gasteiger partial charge in [-0.15, -0.1) is 0 Å². The van der Waals surface area contributed by atoms with Gasteiger partial charge in [0.1, 0.15) is 18.4 Å². The predicted octanol–water partition coefficient (Wildman–Crippen LogP) is 2.08. The van der Waals surface area contributed by atoms with Gasteiger partial charge < -0.3 is 15.2 Å². The highest BCUT2D eigenvalue weighted by Crippen LogP contribution is 2.18. The summed E-state index contributed by atoms with van der Waals surface area (Å²) in [7, 11) is 0. The maximum absolute atomic E-state index is 11.3. The Balaban J connectivity index is 2.46. The summed E-state index contributed by atoms with van der Waals surface area (Å²) < 4.78 is 10.2. The van der Waals surface area contributed by atoms with Crippen LogP contribution in [-0.2, 0) is 9.53 Å². The average molecular weight is 251 g/mol. The van der Waals surface area contributed by atoms with Crippen LogP contribution in [0.4, 0.5) is 0 Å². The molecule has 0 aliphatic heterocycles. The van der Waals surface area contributed by atoms with Crippen molar-refractivity contribution in [1.29, 1.82) is 0 Å². The summed E-state index contributed by atoms with van der Waals surface area (Å²) in [5.41, 5.74) is 6.88. The molecule has 1 aromatic carbocycles. The molecule has 0 bridgehead atoms. The molecule has 1 aromatic rings. The van der Waals surface area contributed by atoms with Gasteiger partial charge in [-0.3, -0.25) is 4.79 Å². The van der Waals surface area contributed by atoms with Crippen molar-refractivity contribution in [3.05, 3.63) is 29.8 Å². The molecule has 0 amide bonds. The molecule has 0 aliphatic carbocycles. The van der Waals surface area contributed by atoms with Gasteiger partial charge >= 0.3 is 5.97 Å². The minimum absolute atomic E-state index is 0.125. The number of hydrogen-bond donors (Lipinski definition) is 1. The topological polar surface area (TPSA) is 61.5 Å². The first kappa shape index (κ1) is 14.5. The van der Waals surface area contributed by atoms with E-state index in [9.17, 15) is 4.79 Å². The fourth-order valence-electron chi connectivity index (χ4n) is 1.45. The molecule has 100 valence electrons. The van der Waals surface area contributed by atoms with Crippen LogP contribution in [0.25, 0.3) is 0 Å². The van der Waals surface area contributed by atoms with Crippen LogP contribution >= 0.6 is 0 Å². The lowest BCUT2D eigenvalue weighted by molar-refractivity contribution is -0.145. The Hall–Kier alpha value is -1.55. The van der Waals surface area contributed by atoms with Crippen LogP contribution in [0.3, 0.4) is 0 Å². The molecule has 0 spiro atoms. The second kappa shape index (κ2) is 7.01. The van der Waals surface area contributed by atoms with Crippen LogP contribution in [0, 0.1) is 0 Å². The van der Waals surface area contributed by atoms with E-state index in [0.29, 0.717) is 18.3 Å². The molecule has 4 heteroatoms. The number of rotatable bonds is 6. The summed E-state index contributed by atoms with van der Waals surface area (Å²) in [5, 5.41) is 0. The molecule has 1 rings (SSSR count). The largest absolute Gasteiger partial charge is 0.491 e. The van der Waals surface area contributed by atoms with Crippen molar-refractivity contribution >= 4 is 5.97 Å². The van der Waals surface area contributed by atoms with Crippen molar-refractivity contribution in [3.8, 4) is 5.75 Å². The first-order chi connectivity index (χ1) is 8.54. The molecule has 0 saturated heterocycles. The van der Waals surface area contributed by atoms with E-state index in [-0.39, 0.29) is 6.61 Å². The summed E-state index contributed by atoms with van der Waals surface area (Å²) in [6.07, 6.45) is 0. The molecule has 4 nitrogen and oxygen atoms in total. The van der Waals surface area contributed by atoms with Gasteiger partial charge in [0.05, 0.1) is 6.61 Å². The zero-order valence-electron chi connectivity index (χ0n) is 11.2. The maximum Gasteiger partial charge on any atom is 0.326 e. The Morgan fingerprint density at radius 3 is 2.39 bits per heavy atom. The van der Waals surface area contributed by atoms with E-state index in [0.717, 1.165) is 0 Å². The van der Waals surface area contributed by atoms with Gasteiger partial charge in [0, 0.05) is 0 Å². The average Bonchev–Trinajstić information content (AvgIpc) is 2.36. The molecular formula is C14H21NO3. The molecule has 0 radical (unpaired) electrons. The van der Waals surface area contributed by atoms with Gasteiger partial charge in [0.25, 0.3) is 0 Å². The van der Waals surface area contributed by atoms with Crippen LogP contribution in [-0.4, -0.2) is 25.2 Å². The summed E-state index contributed by atoms with van der Waals surface area (Å²) >= 11 is 0. The number of ether oxygens (including phenoxy) is 2. The summed E-state index contributed by atoms with van der Waals surface area (Å²) in [4.78, 5) is 11.3. The van der Waals surface area contributed by atoms with E-state index >= 15 is 0 Å². The lowest BCUT2D eigenvalue weighted by Crippen LogP contribution is -2.37. The standard InChI is InChI=1S/C14H21NO3/c1-4-17-14(16)13(15)9-18-12-7-5-11(6-8-12)10(2)3/h5-8,10,13H,4,9,15H2,1-3H3. The van der Waals surface area contributed by atoms with E-state index < -0.39 is 12.0 Å². The Kier molecular flexibility index (Phi) is 5.65. The molecule has 0 aliphatic rings. The minimum Gasteiger partial charge on any atom is -0.491 e. The van der Waals surface area contributed by atoms with E-state index in [1.165, 1.54) is 5.56 Å². The number of esters is 1. The van der Waals surface area contributed by atoms with Gasteiger partial charge in [-0.1, -0.05) is 26.0 Å². The quantitative estimate of drug-likeness (QED) is 0.786. The highest BCUT2D eigenvalue weighted by atomic mass is 16.5. The maximum atomic E-state index is 11.3. The molecule has 1 unspecified atom stereocenters. The SMILES string of the molecule is CCOC(=O)C(N)COc1ccc(C(C)C)cc1. The smallest absolute Gasteiger partial charge is 0.326 e. The van der Waals surface area contributed by atoms with E-state index in [1.54, 1.807) is 6.92 Å². The first-order valence-electron chi connectivity index (χ1n) is 6.19. The Morgan fingerprint density at radius 1 is 1.28 bits per heavy atom. The Morgan fingerprint density at radius 2 is 1.89 bits per heavy atom. The third-order valence-electron chi connectivity index (χ3n) is 2.57. The summed E-state index contributed by atoms with van der Waals surface area (Å²) in [6.45, 7) is 6.46. The van der Waals surface area contributed by atoms with Gasteiger partial charge in [-0.2, -0.15) is 0 Å². The lowest BCUT2D eigenvalue weighted by Gasteiger charge is -2.12. The van der Waals surface area contributed by atoms with Gasteiger partial charge in [-0.05, 0) is 30.5 Å². The van der Waals surface area contributed by atoms with Gasteiger partial charge in [-0.25, -0.2) is 0 Å². The number of nitrogens with two attached hydrogens (primary N) is 1. The van der Waals surface area contributed by atoms with Crippen molar-refractivity contribution in [1.82, 2.24) is 0 Å². The van der Waals surface area contributed by atoms with Crippen molar-refractivity contribution in [2.75, 3.05) is 13.2 Å². The Bertz CT molecular complexity index is 373. The van der Waals surface area contributed by atoms with Crippen LogP contribution in [0.15, 0.2) is 24.3 Å². The van der Waals surface area contributed by atoms with Crippen LogP contribution in [0.1, 0.15) is 32.3 Å².